The number of alkyl carbamates (subject to hydrolysis) is 1. The second-order valence-corrected chi connectivity index (χ2v) is 5.58. The molecule has 1 heterocycles. The van der Waals surface area contributed by atoms with E-state index in [1.807, 2.05) is 20.8 Å². The van der Waals surface area contributed by atoms with Gasteiger partial charge in [0.25, 0.3) is 0 Å². The van der Waals surface area contributed by atoms with E-state index in [1.54, 1.807) is 0 Å². The van der Waals surface area contributed by atoms with Crippen LogP contribution in [0.1, 0.15) is 33.6 Å². The van der Waals surface area contributed by atoms with Crippen molar-refractivity contribution in [2.75, 3.05) is 13.1 Å². The lowest BCUT2D eigenvalue weighted by Crippen LogP contribution is -2.51. The topological polar surface area (TPSA) is 50.4 Å². The zero-order valence-corrected chi connectivity index (χ0v) is 10.2. The molecule has 1 aliphatic carbocycles. The summed E-state index contributed by atoms with van der Waals surface area (Å²) in [6, 6.07) is 0. The second kappa shape index (κ2) is 3.77. The summed E-state index contributed by atoms with van der Waals surface area (Å²) in [5.74, 6) is 0. The van der Waals surface area contributed by atoms with Crippen LogP contribution >= 0.6 is 0 Å². The highest BCUT2D eigenvalue weighted by molar-refractivity contribution is 5.70. The van der Waals surface area contributed by atoms with Crippen LogP contribution in [0.15, 0.2) is 11.6 Å². The van der Waals surface area contributed by atoms with Crippen LogP contribution in [0.4, 0.5) is 4.79 Å². The van der Waals surface area contributed by atoms with Gasteiger partial charge in [-0.2, -0.15) is 0 Å². The summed E-state index contributed by atoms with van der Waals surface area (Å²) in [6.45, 7) is 7.33. The Bertz CT molecular complexity index is 330. The van der Waals surface area contributed by atoms with E-state index >= 15 is 0 Å². The summed E-state index contributed by atoms with van der Waals surface area (Å²) in [5, 5.41) is 6.31. The molecule has 1 atom stereocenters. The molecular weight excluding hydrogens is 204 g/mol. The van der Waals surface area contributed by atoms with E-state index in [2.05, 4.69) is 16.7 Å². The lowest BCUT2D eigenvalue weighted by Gasteiger charge is -2.29. The highest BCUT2D eigenvalue weighted by Crippen LogP contribution is 2.33. The summed E-state index contributed by atoms with van der Waals surface area (Å²) in [7, 11) is 0. The molecule has 1 unspecified atom stereocenters. The molecule has 0 bridgehead atoms. The third-order valence-corrected chi connectivity index (χ3v) is 3.06. The van der Waals surface area contributed by atoms with Crippen LogP contribution in [0.2, 0.25) is 0 Å². The van der Waals surface area contributed by atoms with E-state index in [4.69, 9.17) is 4.74 Å². The number of amides is 1. The summed E-state index contributed by atoms with van der Waals surface area (Å²) in [6.07, 6.45) is 3.93. The Morgan fingerprint density at radius 1 is 1.56 bits per heavy atom. The van der Waals surface area contributed by atoms with Gasteiger partial charge in [0.15, 0.2) is 0 Å². The molecule has 4 nitrogen and oxygen atoms in total. The van der Waals surface area contributed by atoms with Gasteiger partial charge in [-0.15, -0.1) is 0 Å². The van der Waals surface area contributed by atoms with Gasteiger partial charge in [0.1, 0.15) is 5.60 Å². The molecule has 0 aromatic carbocycles. The van der Waals surface area contributed by atoms with Gasteiger partial charge in [0.2, 0.25) is 0 Å². The fourth-order valence-corrected chi connectivity index (χ4v) is 2.39. The first-order valence-corrected chi connectivity index (χ1v) is 5.83. The molecule has 0 spiro atoms. The Balaban J connectivity index is 1.99. The SMILES string of the molecule is CC(C)(C)OC(=O)NC12CCC=C1CNC2. The van der Waals surface area contributed by atoms with E-state index in [0.29, 0.717) is 0 Å². The van der Waals surface area contributed by atoms with Crippen molar-refractivity contribution in [3.8, 4) is 0 Å². The summed E-state index contributed by atoms with van der Waals surface area (Å²) in [5.41, 5.74) is 0.691. The van der Waals surface area contributed by atoms with Crippen LogP contribution in [0.25, 0.3) is 0 Å². The van der Waals surface area contributed by atoms with Crippen molar-refractivity contribution in [3.05, 3.63) is 11.6 Å². The Hall–Kier alpha value is -1.03. The quantitative estimate of drug-likeness (QED) is 0.665. The van der Waals surface area contributed by atoms with E-state index in [0.717, 1.165) is 25.9 Å². The van der Waals surface area contributed by atoms with E-state index in [-0.39, 0.29) is 11.6 Å². The number of ether oxygens (including phenoxy) is 1. The molecule has 1 amide bonds. The zero-order chi connectivity index (χ0) is 11.8. The van der Waals surface area contributed by atoms with E-state index in [1.165, 1.54) is 5.57 Å². The smallest absolute Gasteiger partial charge is 0.408 e. The number of nitrogens with one attached hydrogen (secondary N) is 2. The van der Waals surface area contributed by atoms with Gasteiger partial charge >= 0.3 is 6.09 Å². The van der Waals surface area contributed by atoms with Crippen molar-refractivity contribution in [3.63, 3.8) is 0 Å². The number of hydrogen-bond donors (Lipinski definition) is 2. The molecule has 0 aromatic heterocycles. The molecule has 2 N–H and O–H groups in total. The fraction of sp³-hybridized carbons (Fsp3) is 0.750. The highest BCUT2D eigenvalue weighted by atomic mass is 16.6. The Morgan fingerprint density at radius 3 is 3.00 bits per heavy atom. The van der Waals surface area contributed by atoms with Crippen molar-refractivity contribution in [2.45, 2.75) is 44.8 Å². The highest BCUT2D eigenvalue weighted by Gasteiger charge is 2.42. The maximum Gasteiger partial charge on any atom is 0.408 e. The first-order valence-electron chi connectivity index (χ1n) is 5.83. The van der Waals surface area contributed by atoms with Gasteiger partial charge in [-0.25, -0.2) is 4.79 Å². The standard InChI is InChI=1S/C12H20N2O2/c1-11(2,3)16-10(15)14-12-6-4-5-9(12)7-13-8-12/h5,13H,4,6-8H2,1-3H3,(H,14,15). The van der Waals surface area contributed by atoms with Gasteiger partial charge < -0.3 is 15.4 Å². The van der Waals surface area contributed by atoms with Crippen LogP contribution in [-0.2, 0) is 4.74 Å². The largest absolute Gasteiger partial charge is 0.444 e. The van der Waals surface area contributed by atoms with Gasteiger partial charge in [0, 0.05) is 13.1 Å². The van der Waals surface area contributed by atoms with Gasteiger partial charge in [-0.1, -0.05) is 6.08 Å². The van der Waals surface area contributed by atoms with Crippen LogP contribution in [0, 0.1) is 0 Å². The Morgan fingerprint density at radius 2 is 2.31 bits per heavy atom. The zero-order valence-electron chi connectivity index (χ0n) is 10.2. The van der Waals surface area contributed by atoms with E-state index in [9.17, 15) is 4.79 Å². The molecule has 0 radical (unpaired) electrons. The lowest BCUT2D eigenvalue weighted by atomic mass is 9.95. The minimum atomic E-state index is -0.435. The third kappa shape index (κ3) is 2.21. The first-order chi connectivity index (χ1) is 7.41. The average molecular weight is 224 g/mol. The molecule has 4 heteroatoms. The lowest BCUT2D eigenvalue weighted by molar-refractivity contribution is 0.0479. The molecular formula is C12H20N2O2. The minimum absolute atomic E-state index is 0.178. The maximum atomic E-state index is 11.8. The molecule has 1 aliphatic heterocycles. The van der Waals surface area contributed by atoms with Crippen molar-refractivity contribution in [1.29, 1.82) is 0 Å². The maximum absolute atomic E-state index is 11.8. The molecule has 0 saturated carbocycles. The molecule has 1 saturated heterocycles. The number of hydrogen-bond acceptors (Lipinski definition) is 3. The molecule has 0 aromatic rings. The molecule has 2 aliphatic rings. The van der Waals surface area contributed by atoms with Crippen molar-refractivity contribution in [1.82, 2.24) is 10.6 Å². The Kier molecular flexibility index (Phi) is 2.70. The monoisotopic (exact) mass is 224 g/mol. The van der Waals surface area contributed by atoms with E-state index < -0.39 is 5.60 Å². The number of rotatable bonds is 1. The van der Waals surface area contributed by atoms with Gasteiger partial charge in [-0.05, 0) is 39.2 Å². The molecule has 16 heavy (non-hydrogen) atoms. The van der Waals surface area contributed by atoms with Crippen molar-refractivity contribution >= 4 is 6.09 Å². The number of fused-ring (bicyclic) bond motifs is 1. The van der Waals surface area contributed by atoms with Crippen molar-refractivity contribution < 1.29 is 9.53 Å². The first kappa shape index (κ1) is 11.5. The van der Waals surface area contributed by atoms with Gasteiger partial charge in [0.05, 0.1) is 5.54 Å². The normalized spacial score (nSPS) is 28.6. The second-order valence-electron chi connectivity index (χ2n) is 5.58. The number of carbonyl (C=O) groups excluding carboxylic acids is 1. The summed E-state index contributed by atoms with van der Waals surface area (Å²) < 4.78 is 5.30. The summed E-state index contributed by atoms with van der Waals surface area (Å²) >= 11 is 0. The Labute approximate surface area is 96.4 Å². The average Bonchev–Trinajstić information content (AvgIpc) is 2.57. The van der Waals surface area contributed by atoms with Crippen LogP contribution in [0.3, 0.4) is 0 Å². The fourth-order valence-electron chi connectivity index (χ4n) is 2.39. The predicted molar refractivity (Wildman–Crippen MR) is 62.3 cm³/mol. The van der Waals surface area contributed by atoms with Crippen LogP contribution < -0.4 is 10.6 Å². The number of carbonyl (C=O) groups is 1. The minimum Gasteiger partial charge on any atom is -0.444 e. The van der Waals surface area contributed by atoms with Crippen LogP contribution in [-0.4, -0.2) is 30.3 Å². The molecule has 90 valence electrons. The summed E-state index contributed by atoms with van der Waals surface area (Å²) in [4.78, 5) is 11.8. The third-order valence-electron chi connectivity index (χ3n) is 3.06. The van der Waals surface area contributed by atoms with Crippen LogP contribution in [0.5, 0.6) is 0 Å². The van der Waals surface area contributed by atoms with Crippen molar-refractivity contribution in [2.24, 2.45) is 0 Å². The predicted octanol–water partition coefficient (Wildman–Crippen LogP) is 1.57. The molecule has 1 fully saturated rings. The number of allylic oxidation sites excluding steroid dienone is 1. The molecule has 2 rings (SSSR count). The van der Waals surface area contributed by atoms with Gasteiger partial charge in [-0.3, -0.25) is 0 Å².